The summed E-state index contributed by atoms with van der Waals surface area (Å²) in [6, 6.07) is 0. The first kappa shape index (κ1) is 76.9. The maximum absolute atomic E-state index is 12.9. The minimum absolute atomic E-state index is 0.0941. The Hall–Kier alpha value is -3.15. The van der Waals surface area contributed by atoms with Crippen molar-refractivity contribution in [3.05, 3.63) is 72.9 Å². The van der Waals surface area contributed by atoms with Crippen LogP contribution in [0.1, 0.15) is 361 Å². The molecule has 0 spiro atoms. The average Bonchev–Trinajstić information content (AvgIpc) is 3.46. The first-order valence-electron chi connectivity index (χ1n) is 34.9. The number of unbranched alkanes of at least 4 members (excludes halogenated alkanes) is 41. The van der Waals surface area contributed by atoms with Gasteiger partial charge in [0.2, 0.25) is 0 Å². The largest absolute Gasteiger partial charge is 0.462 e. The van der Waals surface area contributed by atoms with E-state index < -0.39 is 6.10 Å². The van der Waals surface area contributed by atoms with Crippen LogP contribution in [0.3, 0.4) is 0 Å². The van der Waals surface area contributed by atoms with E-state index in [9.17, 15) is 14.4 Å². The smallest absolute Gasteiger partial charge is 0.306 e. The zero-order valence-corrected chi connectivity index (χ0v) is 53.3. The van der Waals surface area contributed by atoms with Gasteiger partial charge in [-0.15, -0.1) is 0 Å². The van der Waals surface area contributed by atoms with Crippen LogP contribution in [-0.4, -0.2) is 37.2 Å². The molecule has 0 N–H and O–H groups in total. The molecule has 0 saturated carbocycles. The summed E-state index contributed by atoms with van der Waals surface area (Å²) in [5.74, 6) is -0.935. The topological polar surface area (TPSA) is 78.9 Å². The van der Waals surface area contributed by atoms with E-state index in [2.05, 4.69) is 93.7 Å². The van der Waals surface area contributed by atoms with E-state index >= 15 is 0 Å². The van der Waals surface area contributed by atoms with Gasteiger partial charge < -0.3 is 14.2 Å². The van der Waals surface area contributed by atoms with Crippen LogP contribution in [0.2, 0.25) is 0 Å². The molecule has 80 heavy (non-hydrogen) atoms. The van der Waals surface area contributed by atoms with Crippen LogP contribution < -0.4 is 0 Å². The number of hydrogen-bond donors (Lipinski definition) is 0. The van der Waals surface area contributed by atoms with Crippen LogP contribution in [0.25, 0.3) is 0 Å². The van der Waals surface area contributed by atoms with Gasteiger partial charge in [0.1, 0.15) is 13.2 Å². The maximum atomic E-state index is 12.9. The van der Waals surface area contributed by atoms with Crippen molar-refractivity contribution in [3.8, 4) is 0 Å². The fourth-order valence-electron chi connectivity index (χ4n) is 10.2. The highest BCUT2D eigenvalue weighted by Gasteiger charge is 2.19. The lowest BCUT2D eigenvalue weighted by molar-refractivity contribution is -0.167. The van der Waals surface area contributed by atoms with Crippen molar-refractivity contribution >= 4 is 17.9 Å². The first-order chi connectivity index (χ1) is 39.5. The lowest BCUT2D eigenvalue weighted by Crippen LogP contribution is -2.30. The normalized spacial score (nSPS) is 12.5. The molecular formula is C74H132O6. The fourth-order valence-corrected chi connectivity index (χ4v) is 10.2. The van der Waals surface area contributed by atoms with E-state index in [1.54, 1.807) is 0 Å². The van der Waals surface area contributed by atoms with Crippen molar-refractivity contribution in [3.63, 3.8) is 0 Å². The van der Waals surface area contributed by atoms with E-state index in [0.717, 1.165) is 103 Å². The molecule has 0 aromatic heterocycles. The number of esters is 3. The van der Waals surface area contributed by atoms with Crippen LogP contribution in [-0.2, 0) is 28.6 Å². The van der Waals surface area contributed by atoms with Gasteiger partial charge in [-0.1, -0.05) is 325 Å². The lowest BCUT2D eigenvalue weighted by atomic mass is 10.0. The number of hydrogen-bond acceptors (Lipinski definition) is 6. The van der Waals surface area contributed by atoms with Gasteiger partial charge in [-0.05, 0) is 89.9 Å². The van der Waals surface area contributed by atoms with Gasteiger partial charge in [0.25, 0.3) is 0 Å². The number of rotatable bonds is 64. The predicted molar refractivity (Wildman–Crippen MR) is 348 cm³/mol. The molecule has 0 aliphatic heterocycles. The molecule has 0 fully saturated rings. The van der Waals surface area contributed by atoms with E-state index in [0.29, 0.717) is 19.3 Å². The molecule has 1 atom stereocenters. The minimum Gasteiger partial charge on any atom is -0.462 e. The molecule has 0 aromatic rings. The summed E-state index contributed by atoms with van der Waals surface area (Å²) in [6.07, 6.45) is 89.6. The zero-order chi connectivity index (χ0) is 57.8. The van der Waals surface area contributed by atoms with Crippen LogP contribution in [0.15, 0.2) is 72.9 Å². The molecule has 0 rings (SSSR count). The van der Waals surface area contributed by atoms with Crippen molar-refractivity contribution in [2.24, 2.45) is 0 Å². The maximum Gasteiger partial charge on any atom is 0.306 e. The van der Waals surface area contributed by atoms with Gasteiger partial charge in [-0.2, -0.15) is 0 Å². The van der Waals surface area contributed by atoms with Crippen LogP contribution in [0, 0.1) is 0 Å². The second-order valence-corrected chi connectivity index (χ2v) is 23.4. The fraction of sp³-hybridized carbons (Fsp3) is 0.797. The summed E-state index contributed by atoms with van der Waals surface area (Å²) >= 11 is 0. The highest BCUT2D eigenvalue weighted by atomic mass is 16.6. The highest BCUT2D eigenvalue weighted by Crippen LogP contribution is 2.18. The SMILES string of the molecule is CC/C=C\C/C=C\C/C=C\C/C=C\CCCCC(=O)OC(COC(=O)CCCCCCC/C=C\C/C=C\CCCCC)COC(=O)CCCCCCCCCCCCCCCCCCCCCCCCCCCCCCCCCC. The zero-order valence-electron chi connectivity index (χ0n) is 53.3. The van der Waals surface area contributed by atoms with Gasteiger partial charge in [-0.3, -0.25) is 14.4 Å². The summed E-state index contributed by atoms with van der Waals surface area (Å²) in [7, 11) is 0. The molecule has 0 radical (unpaired) electrons. The van der Waals surface area contributed by atoms with Crippen LogP contribution >= 0.6 is 0 Å². The molecule has 1 unspecified atom stereocenters. The molecule has 464 valence electrons. The predicted octanol–water partition coefficient (Wildman–Crippen LogP) is 24.1. The molecule has 0 amide bonds. The molecule has 0 saturated heterocycles. The quantitative estimate of drug-likeness (QED) is 0.0261. The number of allylic oxidation sites excluding steroid dienone is 12. The van der Waals surface area contributed by atoms with Crippen molar-refractivity contribution in [2.45, 2.75) is 367 Å². The third-order valence-electron chi connectivity index (χ3n) is 15.4. The van der Waals surface area contributed by atoms with Crippen LogP contribution in [0.4, 0.5) is 0 Å². The molecule has 0 aromatic carbocycles. The standard InChI is InChI=1S/C74H132O6/c1-4-7-10-13-16-19-22-25-28-29-30-31-32-33-34-35-36-37-38-39-40-41-42-43-44-47-49-52-55-58-61-64-67-73(76)79-70-71(80-74(77)68-65-62-59-56-53-50-46-27-24-21-18-15-12-9-6-3)69-78-72(75)66-63-60-57-54-51-48-45-26-23-20-17-14-11-8-5-2/h9,12,17-18,20-21,26-27,45-46,53,56,71H,4-8,10-11,13-16,19,22-25,28-44,47-52,54-55,57-70H2,1-3H3/b12-9-,20-17-,21-18-,45-26-,46-27-,56-53-. The number of carbonyl (C=O) groups excluding carboxylic acids is 3. The van der Waals surface area contributed by atoms with Gasteiger partial charge in [0.15, 0.2) is 6.10 Å². The molecule has 6 nitrogen and oxygen atoms in total. The molecule has 0 aliphatic rings. The minimum atomic E-state index is -0.803. The van der Waals surface area contributed by atoms with E-state index in [1.165, 1.54) is 212 Å². The third-order valence-corrected chi connectivity index (χ3v) is 15.4. The molecule has 0 heterocycles. The summed E-state index contributed by atoms with van der Waals surface area (Å²) < 4.78 is 16.9. The Morgan fingerprint density at radius 2 is 0.487 bits per heavy atom. The molecule has 6 heteroatoms. The van der Waals surface area contributed by atoms with E-state index in [-0.39, 0.29) is 37.5 Å². The lowest BCUT2D eigenvalue weighted by Gasteiger charge is -2.18. The highest BCUT2D eigenvalue weighted by molar-refractivity contribution is 5.71. The Morgan fingerprint density at radius 3 is 0.812 bits per heavy atom. The van der Waals surface area contributed by atoms with Gasteiger partial charge in [0.05, 0.1) is 0 Å². The first-order valence-corrected chi connectivity index (χ1v) is 34.9. The molecular weight excluding hydrogens is 985 g/mol. The molecule has 0 bridgehead atoms. The van der Waals surface area contributed by atoms with Gasteiger partial charge in [0, 0.05) is 19.3 Å². The number of ether oxygens (including phenoxy) is 3. The summed E-state index contributed by atoms with van der Waals surface area (Å²) in [6.45, 7) is 6.50. The monoisotopic (exact) mass is 1120 g/mol. The molecule has 0 aliphatic carbocycles. The Morgan fingerprint density at radius 1 is 0.263 bits per heavy atom. The second-order valence-electron chi connectivity index (χ2n) is 23.4. The van der Waals surface area contributed by atoms with Crippen molar-refractivity contribution in [2.75, 3.05) is 13.2 Å². The Labute approximate surface area is 497 Å². The van der Waals surface area contributed by atoms with E-state index in [4.69, 9.17) is 14.2 Å². The average molecular weight is 1120 g/mol. The third kappa shape index (κ3) is 65.7. The van der Waals surface area contributed by atoms with Crippen molar-refractivity contribution < 1.29 is 28.6 Å². The van der Waals surface area contributed by atoms with Gasteiger partial charge in [-0.25, -0.2) is 0 Å². The Kier molecular flexibility index (Phi) is 65.7. The number of carbonyl (C=O) groups is 3. The summed E-state index contributed by atoms with van der Waals surface area (Å²) in [4.78, 5) is 38.3. The summed E-state index contributed by atoms with van der Waals surface area (Å²) in [5, 5.41) is 0. The van der Waals surface area contributed by atoms with Gasteiger partial charge >= 0.3 is 17.9 Å². The second kappa shape index (κ2) is 68.3. The Balaban J connectivity index is 4.17. The Bertz CT molecular complexity index is 1470. The summed E-state index contributed by atoms with van der Waals surface area (Å²) in [5.41, 5.74) is 0. The van der Waals surface area contributed by atoms with Crippen molar-refractivity contribution in [1.29, 1.82) is 0 Å². The van der Waals surface area contributed by atoms with Crippen molar-refractivity contribution in [1.82, 2.24) is 0 Å². The van der Waals surface area contributed by atoms with Crippen LogP contribution in [0.5, 0.6) is 0 Å². The van der Waals surface area contributed by atoms with E-state index in [1.807, 2.05) is 0 Å².